The SMILES string of the molecule is CCc1nc(CCCNc2cccnc2)c2cnn(C)c2n1. The summed E-state index contributed by atoms with van der Waals surface area (Å²) >= 11 is 0. The van der Waals surface area contributed by atoms with Gasteiger partial charge in [-0.05, 0) is 25.0 Å². The van der Waals surface area contributed by atoms with Crippen molar-refractivity contribution in [1.29, 1.82) is 0 Å². The van der Waals surface area contributed by atoms with Crippen LogP contribution in [0.25, 0.3) is 11.0 Å². The van der Waals surface area contributed by atoms with E-state index in [1.165, 1.54) is 0 Å². The van der Waals surface area contributed by atoms with Crippen molar-refractivity contribution in [2.75, 3.05) is 11.9 Å². The Morgan fingerprint density at radius 1 is 1.23 bits per heavy atom. The molecule has 0 aliphatic carbocycles. The third-order valence-corrected chi connectivity index (χ3v) is 3.61. The summed E-state index contributed by atoms with van der Waals surface area (Å²) in [7, 11) is 1.92. The van der Waals surface area contributed by atoms with Crippen molar-refractivity contribution in [2.45, 2.75) is 26.2 Å². The number of hydrogen-bond donors (Lipinski definition) is 1. The molecule has 3 aromatic heterocycles. The Kier molecular flexibility index (Phi) is 4.27. The minimum absolute atomic E-state index is 0.835. The molecule has 0 saturated carbocycles. The summed E-state index contributed by atoms with van der Waals surface area (Å²) in [5.74, 6) is 0.881. The fourth-order valence-corrected chi connectivity index (χ4v) is 2.44. The molecule has 114 valence electrons. The summed E-state index contributed by atoms with van der Waals surface area (Å²) in [5.41, 5.74) is 3.05. The Labute approximate surface area is 129 Å². The summed E-state index contributed by atoms with van der Waals surface area (Å²) in [6.07, 6.45) is 8.21. The molecule has 0 atom stereocenters. The van der Waals surface area contributed by atoms with Gasteiger partial charge in [0.05, 0.1) is 23.0 Å². The van der Waals surface area contributed by atoms with Gasteiger partial charge in [-0.1, -0.05) is 6.92 Å². The van der Waals surface area contributed by atoms with Gasteiger partial charge in [0.25, 0.3) is 0 Å². The first-order chi connectivity index (χ1) is 10.8. The molecular formula is C16H20N6. The molecule has 0 aliphatic rings. The summed E-state index contributed by atoms with van der Waals surface area (Å²) in [6.45, 7) is 2.96. The minimum Gasteiger partial charge on any atom is -0.384 e. The van der Waals surface area contributed by atoms with Crippen molar-refractivity contribution in [2.24, 2.45) is 7.05 Å². The van der Waals surface area contributed by atoms with Crippen molar-refractivity contribution < 1.29 is 0 Å². The fourth-order valence-electron chi connectivity index (χ4n) is 2.44. The quantitative estimate of drug-likeness (QED) is 0.707. The molecule has 1 N–H and O–H groups in total. The Bertz CT molecular complexity index is 750. The number of hydrogen-bond acceptors (Lipinski definition) is 5. The van der Waals surface area contributed by atoms with E-state index < -0.39 is 0 Å². The van der Waals surface area contributed by atoms with Crippen molar-refractivity contribution in [3.05, 3.63) is 42.2 Å². The van der Waals surface area contributed by atoms with Crippen LogP contribution in [0.15, 0.2) is 30.7 Å². The molecule has 0 unspecified atom stereocenters. The second-order valence-corrected chi connectivity index (χ2v) is 5.22. The summed E-state index contributed by atoms with van der Waals surface area (Å²) in [4.78, 5) is 13.3. The Morgan fingerprint density at radius 2 is 2.14 bits per heavy atom. The van der Waals surface area contributed by atoms with Crippen LogP contribution in [-0.4, -0.2) is 31.3 Å². The first-order valence-corrected chi connectivity index (χ1v) is 7.59. The third kappa shape index (κ3) is 3.05. The topological polar surface area (TPSA) is 68.5 Å². The molecule has 3 rings (SSSR count). The van der Waals surface area contributed by atoms with Crippen LogP contribution in [0.2, 0.25) is 0 Å². The van der Waals surface area contributed by atoms with E-state index in [0.29, 0.717) is 0 Å². The Hall–Kier alpha value is -2.50. The van der Waals surface area contributed by atoms with Crippen molar-refractivity contribution >= 4 is 16.7 Å². The van der Waals surface area contributed by atoms with E-state index in [1.807, 2.05) is 36.3 Å². The lowest BCUT2D eigenvalue weighted by atomic mass is 10.1. The van der Waals surface area contributed by atoms with Gasteiger partial charge in [-0.3, -0.25) is 9.67 Å². The number of rotatable bonds is 6. The fraction of sp³-hybridized carbons (Fsp3) is 0.375. The average Bonchev–Trinajstić information content (AvgIpc) is 2.94. The number of anilines is 1. The molecule has 0 saturated heterocycles. The maximum Gasteiger partial charge on any atom is 0.161 e. The molecule has 22 heavy (non-hydrogen) atoms. The van der Waals surface area contributed by atoms with Gasteiger partial charge in [-0.15, -0.1) is 0 Å². The number of aromatic nitrogens is 5. The second-order valence-electron chi connectivity index (χ2n) is 5.22. The Balaban J connectivity index is 1.68. The summed E-state index contributed by atoms with van der Waals surface area (Å²) < 4.78 is 1.81. The average molecular weight is 296 g/mol. The van der Waals surface area contributed by atoms with Crippen LogP contribution in [0.1, 0.15) is 24.9 Å². The molecule has 6 nitrogen and oxygen atoms in total. The van der Waals surface area contributed by atoms with E-state index in [1.54, 1.807) is 6.20 Å². The van der Waals surface area contributed by atoms with Crippen LogP contribution in [0.4, 0.5) is 5.69 Å². The van der Waals surface area contributed by atoms with Crippen LogP contribution in [0.3, 0.4) is 0 Å². The lowest BCUT2D eigenvalue weighted by molar-refractivity contribution is 0.774. The van der Waals surface area contributed by atoms with Crippen LogP contribution >= 0.6 is 0 Å². The zero-order chi connectivity index (χ0) is 15.4. The second kappa shape index (κ2) is 6.51. The first kappa shape index (κ1) is 14.4. The van der Waals surface area contributed by atoms with Crippen LogP contribution in [-0.2, 0) is 19.9 Å². The number of nitrogens with one attached hydrogen (secondary N) is 1. The zero-order valence-corrected chi connectivity index (χ0v) is 13.0. The molecule has 0 aromatic carbocycles. The standard InChI is InChI=1S/C16H20N6/c1-3-15-20-14(13-11-19-22(2)16(13)21-15)7-5-9-18-12-6-4-8-17-10-12/h4,6,8,10-11,18H,3,5,7,9H2,1-2H3. The number of pyridine rings is 1. The smallest absolute Gasteiger partial charge is 0.161 e. The van der Waals surface area contributed by atoms with Gasteiger partial charge in [0.1, 0.15) is 5.82 Å². The lowest BCUT2D eigenvalue weighted by Crippen LogP contribution is -2.06. The summed E-state index contributed by atoms with van der Waals surface area (Å²) in [5, 5.41) is 8.72. The molecule has 3 heterocycles. The van der Waals surface area contributed by atoms with Crippen LogP contribution < -0.4 is 5.32 Å². The number of nitrogens with zero attached hydrogens (tertiary/aromatic N) is 5. The molecule has 3 aromatic rings. The highest BCUT2D eigenvalue weighted by molar-refractivity contribution is 5.77. The van der Waals surface area contributed by atoms with Crippen molar-refractivity contribution in [3.8, 4) is 0 Å². The predicted octanol–water partition coefficient (Wildman–Crippen LogP) is 2.37. The maximum atomic E-state index is 4.67. The molecule has 0 radical (unpaired) electrons. The Morgan fingerprint density at radius 3 is 2.91 bits per heavy atom. The van der Waals surface area contributed by atoms with E-state index in [-0.39, 0.29) is 0 Å². The molecule has 0 spiro atoms. The van der Waals surface area contributed by atoms with E-state index in [9.17, 15) is 0 Å². The zero-order valence-electron chi connectivity index (χ0n) is 13.0. The molecule has 6 heteroatoms. The highest BCUT2D eigenvalue weighted by Crippen LogP contribution is 2.16. The van der Waals surface area contributed by atoms with Crippen molar-refractivity contribution in [3.63, 3.8) is 0 Å². The van der Waals surface area contributed by atoms with Gasteiger partial charge in [0.2, 0.25) is 0 Å². The molecular weight excluding hydrogens is 276 g/mol. The molecule has 0 aliphatic heterocycles. The highest BCUT2D eigenvalue weighted by atomic mass is 15.3. The highest BCUT2D eigenvalue weighted by Gasteiger charge is 2.10. The maximum absolute atomic E-state index is 4.67. The van der Waals surface area contributed by atoms with E-state index in [2.05, 4.69) is 32.3 Å². The van der Waals surface area contributed by atoms with Gasteiger partial charge in [0.15, 0.2) is 5.65 Å². The third-order valence-electron chi connectivity index (χ3n) is 3.61. The predicted molar refractivity (Wildman–Crippen MR) is 86.7 cm³/mol. The monoisotopic (exact) mass is 296 g/mol. The van der Waals surface area contributed by atoms with Gasteiger partial charge in [0, 0.05) is 32.4 Å². The molecule has 0 amide bonds. The first-order valence-electron chi connectivity index (χ1n) is 7.59. The lowest BCUT2D eigenvalue weighted by Gasteiger charge is -2.07. The normalized spacial score (nSPS) is 11.0. The van der Waals surface area contributed by atoms with Crippen LogP contribution in [0.5, 0.6) is 0 Å². The van der Waals surface area contributed by atoms with Gasteiger partial charge in [-0.2, -0.15) is 5.10 Å². The van der Waals surface area contributed by atoms with E-state index in [4.69, 9.17) is 0 Å². The van der Waals surface area contributed by atoms with Crippen molar-refractivity contribution in [1.82, 2.24) is 24.7 Å². The molecule has 0 bridgehead atoms. The van der Waals surface area contributed by atoms with Gasteiger partial charge < -0.3 is 5.32 Å². The largest absolute Gasteiger partial charge is 0.384 e. The van der Waals surface area contributed by atoms with Gasteiger partial charge >= 0.3 is 0 Å². The number of aryl methyl sites for hydroxylation is 3. The van der Waals surface area contributed by atoms with E-state index >= 15 is 0 Å². The van der Waals surface area contributed by atoms with Crippen LogP contribution in [0, 0.1) is 0 Å². The van der Waals surface area contributed by atoms with Gasteiger partial charge in [-0.25, -0.2) is 9.97 Å². The van der Waals surface area contributed by atoms with E-state index in [0.717, 1.165) is 54.0 Å². The minimum atomic E-state index is 0.835. The number of fused-ring (bicyclic) bond motifs is 1. The summed E-state index contributed by atoms with van der Waals surface area (Å²) in [6, 6.07) is 3.95. The molecule has 0 fully saturated rings.